The van der Waals surface area contributed by atoms with Gasteiger partial charge in [0, 0.05) is 11.3 Å². The molecule has 0 unspecified atom stereocenters. The van der Waals surface area contributed by atoms with Crippen LogP contribution >= 0.6 is 11.6 Å². The van der Waals surface area contributed by atoms with E-state index < -0.39 is 9.84 Å². The van der Waals surface area contributed by atoms with Crippen molar-refractivity contribution in [1.29, 1.82) is 0 Å². The van der Waals surface area contributed by atoms with E-state index in [1.165, 1.54) is 11.8 Å². The van der Waals surface area contributed by atoms with Gasteiger partial charge in [-0.05, 0) is 59.4 Å². The van der Waals surface area contributed by atoms with Gasteiger partial charge < -0.3 is 0 Å². The summed E-state index contributed by atoms with van der Waals surface area (Å²) in [5, 5.41) is 0.735. The topological polar surface area (TPSA) is 34.1 Å². The van der Waals surface area contributed by atoms with Crippen molar-refractivity contribution in [3.8, 4) is 11.1 Å². The first-order chi connectivity index (χ1) is 11.9. The Morgan fingerprint density at radius 1 is 0.760 bits per heavy atom. The molecule has 25 heavy (non-hydrogen) atoms. The summed E-state index contributed by atoms with van der Waals surface area (Å²) in [6.07, 6.45) is 3.01. The first-order valence-corrected chi connectivity index (χ1v) is 10.3. The van der Waals surface area contributed by atoms with Gasteiger partial charge in [-0.25, -0.2) is 8.42 Å². The number of aryl methyl sites for hydroxylation is 2. The Bertz CT molecular complexity index is 960. The fourth-order valence-corrected chi connectivity index (χ4v) is 3.54. The molecule has 0 bridgehead atoms. The highest BCUT2D eigenvalue weighted by Crippen LogP contribution is 2.23. The predicted octanol–water partition coefficient (Wildman–Crippen LogP) is 5.20. The molecule has 0 aliphatic rings. The van der Waals surface area contributed by atoms with Crippen LogP contribution < -0.4 is 0 Å². The minimum Gasteiger partial charge on any atom is -0.224 e. The fraction of sp³-hybridized carbons (Fsp3) is 0.143. The molecule has 0 heterocycles. The SMILES string of the molecule is CS(=O)(=O)c1ccc(CCc2ccc(-c3cccc(Cl)c3)cc2)cc1. The maximum atomic E-state index is 11.5. The molecule has 0 saturated heterocycles. The van der Waals surface area contributed by atoms with Crippen LogP contribution in [-0.4, -0.2) is 14.7 Å². The monoisotopic (exact) mass is 370 g/mol. The Hall–Kier alpha value is -2.10. The second-order valence-electron chi connectivity index (χ2n) is 6.12. The third kappa shape index (κ3) is 4.71. The lowest BCUT2D eigenvalue weighted by Gasteiger charge is -2.06. The third-order valence-corrected chi connectivity index (χ3v) is 5.53. The maximum absolute atomic E-state index is 11.5. The molecule has 0 fully saturated rings. The van der Waals surface area contributed by atoms with Gasteiger partial charge in [-0.2, -0.15) is 0 Å². The van der Waals surface area contributed by atoms with Crippen LogP contribution in [0.1, 0.15) is 11.1 Å². The second-order valence-corrected chi connectivity index (χ2v) is 8.58. The molecule has 0 spiro atoms. The van der Waals surface area contributed by atoms with E-state index in [0.717, 1.165) is 34.6 Å². The van der Waals surface area contributed by atoms with Crippen LogP contribution in [0.15, 0.2) is 77.7 Å². The zero-order valence-electron chi connectivity index (χ0n) is 13.9. The van der Waals surface area contributed by atoms with E-state index in [4.69, 9.17) is 11.6 Å². The van der Waals surface area contributed by atoms with Crippen molar-refractivity contribution in [2.24, 2.45) is 0 Å². The van der Waals surface area contributed by atoms with Gasteiger partial charge in [-0.3, -0.25) is 0 Å². The van der Waals surface area contributed by atoms with Crippen LogP contribution in [0.5, 0.6) is 0 Å². The molecule has 0 amide bonds. The quantitative estimate of drug-likeness (QED) is 0.618. The van der Waals surface area contributed by atoms with E-state index in [0.29, 0.717) is 4.90 Å². The number of halogens is 1. The second kappa shape index (κ2) is 7.42. The molecule has 0 aromatic heterocycles. The lowest BCUT2D eigenvalue weighted by Crippen LogP contribution is -1.97. The Morgan fingerprint density at radius 2 is 1.32 bits per heavy atom. The van der Waals surface area contributed by atoms with Crippen LogP contribution in [0.25, 0.3) is 11.1 Å². The Labute approximate surface area is 154 Å². The van der Waals surface area contributed by atoms with Gasteiger partial charge in [-0.1, -0.05) is 60.1 Å². The Balaban J connectivity index is 1.66. The molecular weight excluding hydrogens is 352 g/mol. The summed E-state index contributed by atoms with van der Waals surface area (Å²) in [6.45, 7) is 0. The largest absolute Gasteiger partial charge is 0.224 e. The van der Waals surface area contributed by atoms with Gasteiger partial charge in [0.05, 0.1) is 4.90 Å². The molecule has 128 valence electrons. The van der Waals surface area contributed by atoms with E-state index in [1.807, 2.05) is 36.4 Å². The van der Waals surface area contributed by atoms with Gasteiger partial charge in [0.1, 0.15) is 0 Å². The predicted molar refractivity (Wildman–Crippen MR) is 104 cm³/mol. The number of hydrogen-bond donors (Lipinski definition) is 0. The van der Waals surface area contributed by atoms with Crippen molar-refractivity contribution in [2.75, 3.05) is 6.26 Å². The van der Waals surface area contributed by atoms with Crippen LogP contribution in [-0.2, 0) is 22.7 Å². The van der Waals surface area contributed by atoms with Crippen molar-refractivity contribution in [3.63, 3.8) is 0 Å². The summed E-state index contributed by atoms with van der Waals surface area (Å²) >= 11 is 6.05. The average Bonchev–Trinajstić information content (AvgIpc) is 2.60. The molecule has 0 aliphatic carbocycles. The summed E-state index contributed by atoms with van der Waals surface area (Å²) in [6, 6.07) is 23.4. The van der Waals surface area contributed by atoms with Crippen LogP contribution in [0.3, 0.4) is 0 Å². The Kier molecular flexibility index (Phi) is 5.26. The maximum Gasteiger partial charge on any atom is 0.175 e. The average molecular weight is 371 g/mol. The molecule has 0 atom stereocenters. The van der Waals surface area contributed by atoms with Gasteiger partial charge in [0.25, 0.3) is 0 Å². The fourth-order valence-electron chi connectivity index (χ4n) is 2.72. The van der Waals surface area contributed by atoms with Crippen molar-refractivity contribution >= 4 is 21.4 Å². The lowest BCUT2D eigenvalue weighted by molar-refractivity contribution is 0.602. The molecule has 0 aliphatic heterocycles. The zero-order valence-corrected chi connectivity index (χ0v) is 15.5. The highest BCUT2D eigenvalue weighted by Gasteiger charge is 2.06. The van der Waals surface area contributed by atoms with Crippen molar-refractivity contribution in [3.05, 3.63) is 88.9 Å². The lowest BCUT2D eigenvalue weighted by atomic mass is 10.0. The van der Waals surface area contributed by atoms with Crippen LogP contribution in [0.4, 0.5) is 0 Å². The third-order valence-electron chi connectivity index (χ3n) is 4.17. The highest BCUT2D eigenvalue weighted by atomic mass is 35.5. The molecule has 3 aromatic carbocycles. The molecule has 0 radical (unpaired) electrons. The number of benzene rings is 3. The summed E-state index contributed by atoms with van der Waals surface area (Å²) < 4.78 is 23.0. The summed E-state index contributed by atoms with van der Waals surface area (Å²) in [5.74, 6) is 0. The van der Waals surface area contributed by atoms with Crippen molar-refractivity contribution < 1.29 is 8.42 Å². The van der Waals surface area contributed by atoms with E-state index in [2.05, 4.69) is 24.3 Å². The van der Waals surface area contributed by atoms with E-state index >= 15 is 0 Å². The normalized spacial score (nSPS) is 11.4. The number of hydrogen-bond acceptors (Lipinski definition) is 2. The Morgan fingerprint density at radius 3 is 1.84 bits per heavy atom. The molecule has 4 heteroatoms. The standard InChI is InChI=1S/C21H19ClO2S/c1-25(23,24)21-13-9-17(10-14-21)6-5-16-7-11-18(12-8-16)19-3-2-4-20(22)15-19/h2-4,7-15H,5-6H2,1H3. The van der Waals surface area contributed by atoms with Gasteiger partial charge in [0.2, 0.25) is 0 Å². The summed E-state index contributed by atoms with van der Waals surface area (Å²) in [5.41, 5.74) is 4.63. The number of sulfone groups is 1. The highest BCUT2D eigenvalue weighted by molar-refractivity contribution is 7.90. The van der Waals surface area contributed by atoms with E-state index in [1.54, 1.807) is 12.1 Å². The smallest absolute Gasteiger partial charge is 0.175 e. The van der Waals surface area contributed by atoms with E-state index in [9.17, 15) is 8.42 Å². The minimum absolute atomic E-state index is 0.363. The minimum atomic E-state index is -3.13. The van der Waals surface area contributed by atoms with E-state index in [-0.39, 0.29) is 0 Å². The molecule has 0 N–H and O–H groups in total. The first-order valence-electron chi connectivity index (χ1n) is 8.06. The van der Waals surface area contributed by atoms with Gasteiger partial charge >= 0.3 is 0 Å². The summed E-state index contributed by atoms with van der Waals surface area (Å²) in [7, 11) is -3.13. The number of rotatable bonds is 5. The molecule has 0 saturated carbocycles. The molecule has 3 rings (SSSR count). The molecule has 2 nitrogen and oxygen atoms in total. The van der Waals surface area contributed by atoms with Gasteiger partial charge in [0.15, 0.2) is 9.84 Å². The zero-order chi connectivity index (χ0) is 17.9. The first kappa shape index (κ1) is 17.7. The summed E-state index contributed by atoms with van der Waals surface area (Å²) in [4.78, 5) is 0.363. The van der Waals surface area contributed by atoms with Crippen molar-refractivity contribution in [2.45, 2.75) is 17.7 Å². The molecule has 3 aromatic rings. The van der Waals surface area contributed by atoms with Crippen LogP contribution in [0, 0.1) is 0 Å². The molecular formula is C21H19ClO2S. The van der Waals surface area contributed by atoms with Crippen LogP contribution in [0.2, 0.25) is 5.02 Å². The van der Waals surface area contributed by atoms with Gasteiger partial charge in [-0.15, -0.1) is 0 Å². The van der Waals surface area contributed by atoms with Crippen molar-refractivity contribution in [1.82, 2.24) is 0 Å².